The van der Waals surface area contributed by atoms with Gasteiger partial charge in [0.25, 0.3) is 0 Å². The van der Waals surface area contributed by atoms with E-state index in [0.717, 1.165) is 31.1 Å². The van der Waals surface area contributed by atoms with E-state index in [0.29, 0.717) is 5.56 Å². The minimum Gasteiger partial charge on any atom is -0.506 e. The van der Waals surface area contributed by atoms with Crippen molar-refractivity contribution < 1.29 is 10.2 Å². The van der Waals surface area contributed by atoms with Gasteiger partial charge in [-0.3, -0.25) is 0 Å². The third kappa shape index (κ3) is 3.11. The zero-order valence-electron chi connectivity index (χ0n) is 12.5. The van der Waals surface area contributed by atoms with Gasteiger partial charge in [0, 0.05) is 11.5 Å². The summed E-state index contributed by atoms with van der Waals surface area (Å²) in [7, 11) is 0. The summed E-state index contributed by atoms with van der Waals surface area (Å²) in [6, 6.07) is 0. The van der Waals surface area contributed by atoms with E-state index in [9.17, 15) is 10.2 Å². The lowest BCUT2D eigenvalue weighted by molar-refractivity contribution is 0.402. The third-order valence-corrected chi connectivity index (χ3v) is 6.94. The average molecular weight is 510 g/mol. The molecule has 2 atom stereocenters. The first-order chi connectivity index (χ1) is 9.75. The first-order valence-electron chi connectivity index (χ1n) is 6.97. The summed E-state index contributed by atoms with van der Waals surface area (Å²) in [5, 5.41) is 21.2. The molecule has 0 aliphatic heterocycles. The number of halogens is 2. The molecule has 21 heavy (non-hydrogen) atoms. The molecule has 0 saturated carbocycles. The van der Waals surface area contributed by atoms with E-state index in [2.05, 4.69) is 64.8 Å². The second-order valence-electron chi connectivity index (χ2n) is 5.89. The standard InChI is InChI=1S/C17H20I2O2/c1-8(2)11-6-5-9(3)7-12(11)13-16(20)14(18)10(4)15(19)17(13)21/h7,11-12,20-21H,1,5-6H2,2-4H3. The second-order valence-corrected chi connectivity index (χ2v) is 8.05. The Kier molecular flexibility index (Phi) is 5.28. The average Bonchev–Trinajstić information content (AvgIpc) is 2.43. The van der Waals surface area contributed by atoms with Crippen LogP contribution in [0.25, 0.3) is 0 Å². The molecule has 1 aliphatic carbocycles. The maximum absolute atomic E-state index is 10.6. The minimum absolute atomic E-state index is 0.00104. The summed E-state index contributed by atoms with van der Waals surface area (Å²) in [6.07, 6.45) is 4.25. The van der Waals surface area contributed by atoms with Gasteiger partial charge in [0.15, 0.2) is 0 Å². The van der Waals surface area contributed by atoms with Crippen molar-refractivity contribution in [3.63, 3.8) is 0 Å². The van der Waals surface area contributed by atoms with Gasteiger partial charge < -0.3 is 10.2 Å². The minimum atomic E-state index is -0.00104. The molecule has 0 amide bonds. The lowest BCUT2D eigenvalue weighted by Gasteiger charge is -2.32. The Morgan fingerprint density at radius 2 is 1.71 bits per heavy atom. The number of phenols is 2. The van der Waals surface area contributed by atoms with Crippen molar-refractivity contribution in [3.05, 3.63) is 42.1 Å². The molecule has 0 saturated heterocycles. The van der Waals surface area contributed by atoms with E-state index in [1.54, 1.807) is 0 Å². The van der Waals surface area contributed by atoms with Crippen molar-refractivity contribution in [3.8, 4) is 11.5 Å². The van der Waals surface area contributed by atoms with Crippen LogP contribution in [0.3, 0.4) is 0 Å². The van der Waals surface area contributed by atoms with Gasteiger partial charge in [-0.05, 0) is 90.3 Å². The van der Waals surface area contributed by atoms with Gasteiger partial charge >= 0.3 is 0 Å². The number of hydrogen-bond donors (Lipinski definition) is 2. The van der Waals surface area contributed by atoms with Gasteiger partial charge in [0.05, 0.1) is 7.14 Å². The van der Waals surface area contributed by atoms with E-state index in [1.807, 2.05) is 13.8 Å². The van der Waals surface area contributed by atoms with Crippen LogP contribution in [-0.4, -0.2) is 10.2 Å². The fourth-order valence-electron chi connectivity index (χ4n) is 3.02. The molecular weight excluding hydrogens is 490 g/mol. The maximum atomic E-state index is 10.6. The Morgan fingerprint density at radius 3 is 2.19 bits per heavy atom. The zero-order valence-corrected chi connectivity index (χ0v) is 16.8. The molecule has 1 aromatic rings. The van der Waals surface area contributed by atoms with E-state index in [4.69, 9.17) is 0 Å². The highest BCUT2D eigenvalue weighted by Crippen LogP contribution is 2.49. The third-order valence-electron chi connectivity index (χ3n) is 4.30. The number of allylic oxidation sites excluding steroid dienone is 3. The molecular formula is C17H20I2O2. The molecule has 0 bridgehead atoms. The first-order valence-corrected chi connectivity index (χ1v) is 9.13. The number of aromatic hydroxyl groups is 2. The van der Waals surface area contributed by atoms with Crippen LogP contribution in [0.1, 0.15) is 43.7 Å². The van der Waals surface area contributed by atoms with Crippen LogP contribution < -0.4 is 0 Å². The van der Waals surface area contributed by atoms with Gasteiger partial charge in [0.2, 0.25) is 0 Å². The van der Waals surface area contributed by atoms with Crippen molar-refractivity contribution >= 4 is 45.2 Å². The topological polar surface area (TPSA) is 40.5 Å². The van der Waals surface area contributed by atoms with Gasteiger partial charge in [-0.25, -0.2) is 0 Å². The molecule has 2 unspecified atom stereocenters. The molecule has 0 heterocycles. The molecule has 1 aromatic carbocycles. The Bertz CT molecular complexity index is 603. The van der Waals surface area contributed by atoms with Gasteiger partial charge in [-0.2, -0.15) is 0 Å². The van der Waals surface area contributed by atoms with Gasteiger partial charge in [0.1, 0.15) is 11.5 Å². The van der Waals surface area contributed by atoms with Crippen molar-refractivity contribution in [2.45, 2.75) is 39.5 Å². The van der Waals surface area contributed by atoms with Crippen molar-refractivity contribution in [2.75, 3.05) is 0 Å². The lowest BCUT2D eigenvalue weighted by Crippen LogP contribution is -2.18. The molecule has 2 nitrogen and oxygen atoms in total. The highest BCUT2D eigenvalue weighted by Gasteiger charge is 2.32. The molecule has 114 valence electrons. The van der Waals surface area contributed by atoms with Crippen molar-refractivity contribution in [2.24, 2.45) is 5.92 Å². The molecule has 1 aliphatic rings. The molecule has 0 radical (unpaired) electrons. The van der Waals surface area contributed by atoms with E-state index in [-0.39, 0.29) is 23.3 Å². The Hall–Kier alpha value is -0.240. The zero-order chi connectivity index (χ0) is 15.9. The molecule has 2 rings (SSSR count). The van der Waals surface area contributed by atoms with E-state index < -0.39 is 0 Å². The predicted octanol–water partition coefficient (Wildman–Crippen LogP) is 5.63. The van der Waals surface area contributed by atoms with E-state index in [1.165, 1.54) is 5.57 Å². The summed E-state index contributed by atoms with van der Waals surface area (Å²) in [4.78, 5) is 0. The molecule has 0 fully saturated rings. The number of phenolic OH excluding ortho intramolecular Hbond substituents is 2. The summed E-state index contributed by atoms with van der Waals surface area (Å²) >= 11 is 4.31. The van der Waals surface area contributed by atoms with Crippen LogP contribution in [0.15, 0.2) is 23.8 Å². The summed E-state index contributed by atoms with van der Waals surface area (Å²) in [6.45, 7) is 10.2. The number of hydrogen-bond acceptors (Lipinski definition) is 2. The predicted molar refractivity (Wildman–Crippen MR) is 104 cm³/mol. The largest absolute Gasteiger partial charge is 0.506 e. The monoisotopic (exact) mass is 510 g/mol. The van der Waals surface area contributed by atoms with Gasteiger partial charge in [-0.1, -0.05) is 23.8 Å². The first kappa shape index (κ1) is 17.1. The Balaban J connectivity index is 2.69. The highest BCUT2D eigenvalue weighted by molar-refractivity contribution is 14.1. The van der Waals surface area contributed by atoms with Crippen LogP contribution >= 0.6 is 45.2 Å². The van der Waals surface area contributed by atoms with E-state index >= 15 is 0 Å². The molecule has 2 N–H and O–H groups in total. The fourth-order valence-corrected chi connectivity index (χ4v) is 4.66. The van der Waals surface area contributed by atoms with Crippen LogP contribution in [0.5, 0.6) is 11.5 Å². The Morgan fingerprint density at radius 1 is 1.19 bits per heavy atom. The van der Waals surface area contributed by atoms with Crippen molar-refractivity contribution in [1.82, 2.24) is 0 Å². The summed E-state index contributed by atoms with van der Waals surface area (Å²) in [5.41, 5.74) is 4.00. The number of rotatable bonds is 2. The van der Waals surface area contributed by atoms with Gasteiger partial charge in [-0.15, -0.1) is 0 Å². The fraction of sp³-hybridized carbons (Fsp3) is 0.412. The lowest BCUT2D eigenvalue weighted by atomic mass is 9.74. The SMILES string of the molecule is C=C(C)C1CCC(C)=CC1c1c(O)c(I)c(C)c(I)c1O. The van der Waals surface area contributed by atoms with Crippen LogP contribution in [-0.2, 0) is 0 Å². The van der Waals surface area contributed by atoms with Crippen LogP contribution in [0.4, 0.5) is 0 Å². The van der Waals surface area contributed by atoms with Crippen LogP contribution in [0.2, 0.25) is 0 Å². The molecule has 0 spiro atoms. The Labute approximate surface area is 153 Å². The molecule has 0 aromatic heterocycles. The summed E-state index contributed by atoms with van der Waals surface area (Å²) < 4.78 is 1.64. The highest BCUT2D eigenvalue weighted by atomic mass is 127. The summed E-state index contributed by atoms with van der Waals surface area (Å²) in [5.74, 6) is 0.695. The molecule has 4 heteroatoms. The smallest absolute Gasteiger partial charge is 0.136 e. The number of benzene rings is 1. The second kappa shape index (κ2) is 6.48. The maximum Gasteiger partial charge on any atom is 0.136 e. The quantitative estimate of drug-likeness (QED) is 0.400. The van der Waals surface area contributed by atoms with Crippen molar-refractivity contribution in [1.29, 1.82) is 0 Å². The van der Waals surface area contributed by atoms with Crippen LogP contribution in [0, 0.1) is 20.0 Å². The normalized spacial score (nSPS) is 22.0.